The van der Waals surface area contributed by atoms with Gasteiger partial charge >= 0.3 is 0 Å². The summed E-state index contributed by atoms with van der Waals surface area (Å²) in [7, 11) is 1.50. The predicted octanol–water partition coefficient (Wildman–Crippen LogP) is 3.78. The quantitative estimate of drug-likeness (QED) is 0.931. The Labute approximate surface area is 118 Å². The summed E-state index contributed by atoms with van der Waals surface area (Å²) in [5, 5.41) is 0. The maximum absolute atomic E-state index is 13.8. The van der Waals surface area contributed by atoms with Gasteiger partial charge in [0.2, 0.25) is 0 Å². The van der Waals surface area contributed by atoms with Gasteiger partial charge < -0.3 is 10.5 Å². The number of methoxy groups -OCH3 is 1. The highest BCUT2D eigenvalue weighted by Crippen LogP contribution is 2.32. The number of rotatable bonds is 3. The monoisotopic (exact) mass is 327 g/mol. The van der Waals surface area contributed by atoms with E-state index in [0.29, 0.717) is 11.3 Å². The van der Waals surface area contributed by atoms with Crippen LogP contribution in [0.1, 0.15) is 17.2 Å². The van der Waals surface area contributed by atoms with Gasteiger partial charge in [0, 0.05) is 15.6 Å². The zero-order chi connectivity index (χ0) is 14.0. The van der Waals surface area contributed by atoms with Crippen LogP contribution in [-0.4, -0.2) is 7.11 Å². The minimum atomic E-state index is -0.933. The molecule has 5 heteroatoms. The van der Waals surface area contributed by atoms with Gasteiger partial charge in [-0.2, -0.15) is 0 Å². The third kappa shape index (κ3) is 2.77. The highest BCUT2D eigenvalue weighted by molar-refractivity contribution is 9.10. The van der Waals surface area contributed by atoms with E-state index in [4.69, 9.17) is 10.5 Å². The molecular formula is C14H12BrF2NO. The van der Waals surface area contributed by atoms with Crippen LogP contribution in [0.2, 0.25) is 0 Å². The molecule has 1 atom stereocenters. The molecule has 0 bridgehead atoms. The molecule has 0 aliphatic rings. The third-order valence-electron chi connectivity index (χ3n) is 2.84. The van der Waals surface area contributed by atoms with Crippen molar-refractivity contribution in [3.05, 3.63) is 63.6 Å². The first kappa shape index (κ1) is 14.0. The van der Waals surface area contributed by atoms with Crippen molar-refractivity contribution in [1.82, 2.24) is 0 Å². The summed E-state index contributed by atoms with van der Waals surface area (Å²) >= 11 is 3.32. The summed E-state index contributed by atoms with van der Waals surface area (Å²) in [5.41, 5.74) is 6.70. The molecule has 0 fully saturated rings. The molecule has 2 rings (SSSR count). The van der Waals surface area contributed by atoms with Crippen molar-refractivity contribution in [2.24, 2.45) is 5.73 Å². The second-order valence-corrected chi connectivity index (χ2v) is 4.92. The summed E-state index contributed by atoms with van der Waals surface area (Å²) < 4.78 is 33.0. The number of hydrogen-bond donors (Lipinski definition) is 1. The van der Waals surface area contributed by atoms with E-state index in [2.05, 4.69) is 15.9 Å². The molecule has 100 valence electrons. The lowest BCUT2D eigenvalue weighted by Crippen LogP contribution is -2.15. The first-order valence-electron chi connectivity index (χ1n) is 5.57. The predicted molar refractivity (Wildman–Crippen MR) is 73.1 cm³/mol. The van der Waals surface area contributed by atoms with E-state index < -0.39 is 17.7 Å². The van der Waals surface area contributed by atoms with Gasteiger partial charge in [0.25, 0.3) is 0 Å². The van der Waals surface area contributed by atoms with Crippen LogP contribution in [-0.2, 0) is 0 Å². The van der Waals surface area contributed by atoms with E-state index in [1.165, 1.54) is 19.2 Å². The van der Waals surface area contributed by atoms with Crippen molar-refractivity contribution in [2.45, 2.75) is 6.04 Å². The molecule has 2 aromatic carbocycles. The minimum absolute atomic E-state index is 0.0939. The lowest BCUT2D eigenvalue weighted by atomic mass is 9.98. The zero-order valence-corrected chi connectivity index (χ0v) is 11.7. The van der Waals surface area contributed by atoms with Crippen LogP contribution in [0.3, 0.4) is 0 Å². The molecule has 0 spiro atoms. The lowest BCUT2D eigenvalue weighted by Gasteiger charge is -2.17. The SMILES string of the molecule is COc1ccc(Br)cc1C(N)c1cccc(F)c1F. The molecule has 0 saturated carbocycles. The van der Waals surface area contributed by atoms with Gasteiger partial charge in [-0.3, -0.25) is 0 Å². The van der Waals surface area contributed by atoms with Gasteiger partial charge in [0.15, 0.2) is 11.6 Å². The van der Waals surface area contributed by atoms with Gasteiger partial charge in [-0.25, -0.2) is 8.78 Å². The van der Waals surface area contributed by atoms with Crippen molar-refractivity contribution in [3.8, 4) is 5.75 Å². The number of benzene rings is 2. The fourth-order valence-electron chi connectivity index (χ4n) is 1.88. The molecular weight excluding hydrogens is 316 g/mol. The smallest absolute Gasteiger partial charge is 0.163 e. The van der Waals surface area contributed by atoms with Gasteiger partial charge in [-0.05, 0) is 24.3 Å². The molecule has 0 aromatic heterocycles. The Morgan fingerprint density at radius 3 is 2.58 bits per heavy atom. The number of ether oxygens (including phenoxy) is 1. The van der Waals surface area contributed by atoms with Crippen LogP contribution in [0, 0.1) is 11.6 Å². The highest BCUT2D eigenvalue weighted by Gasteiger charge is 2.19. The van der Waals surface area contributed by atoms with Crippen LogP contribution >= 0.6 is 15.9 Å². The zero-order valence-electron chi connectivity index (χ0n) is 10.2. The van der Waals surface area contributed by atoms with E-state index in [9.17, 15) is 8.78 Å². The van der Waals surface area contributed by atoms with E-state index in [1.54, 1.807) is 18.2 Å². The molecule has 0 radical (unpaired) electrons. The van der Waals surface area contributed by atoms with Gasteiger partial charge in [-0.1, -0.05) is 28.1 Å². The van der Waals surface area contributed by atoms with Crippen molar-refractivity contribution in [2.75, 3.05) is 7.11 Å². The molecule has 0 saturated heterocycles. The summed E-state index contributed by atoms with van der Waals surface area (Å²) in [6.07, 6.45) is 0. The molecule has 2 nitrogen and oxygen atoms in total. The van der Waals surface area contributed by atoms with Crippen LogP contribution in [0.4, 0.5) is 8.78 Å². The standard InChI is InChI=1S/C14H12BrF2NO/c1-19-12-6-5-8(15)7-10(12)14(18)9-3-2-4-11(16)13(9)17/h2-7,14H,18H2,1H3. The fraction of sp³-hybridized carbons (Fsp3) is 0.143. The Balaban J connectivity index is 2.52. The summed E-state index contributed by atoms with van der Waals surface area (Å²) in [6, 6.07) is 8.38. The normalized spacial score (nSPS) is 12.3. The Hall–Kier alpha value is -1.46. The van der Waals surface area contributed by atoms with Crippen molar-refractivity contribution in [3.63, 3.8) is 0 Å². The van der Waals surface area contributed by atoms with Crippen molar-refractivity contribution in [1.29, 1.82) is 0 Å². The van der Waals surface area contributed by atoms with Crippen LogP contribution < -0.4 is 10.5 Å². The Morgan fingerprint density at radius 1 is 1.16 bits per heavy atom. The molecule has 2 aromatic rings. The summed E-state index contributed by atoms with van der Waals surface area (Å²) in [4.78, 5) is 0. The highest BCUT2D eigenvalue weighted by atomic mass is 79.9. The average molecular weight is 328 g/mol. The lowest BCUT2D eigenvalue weighted by molar-refractivity contribution is 0.406. The van der Waals surface area contributed by atoms with E-state index in [0.717, 1.165) is 10.5 Å². The largest absolute Gasteiger partial charge is 0.496 e. The van der Waals surface area contributed by atoms with Gasteiger partial charge in [0.05, 0.1) is 13.2 Å². The molecule has 19 heavy (non-hydrogen) atoms. The van der Waals surface area contributed by atoms with E-state index in [1.807, 2.05) is 0 Å². The van der Waals surface area contributed by atoms with Crippen LogP contribution in [0.15, 0.2) is 40.9 Å². The Kier molecular flexibility index (Phi) is 4.17. The molecule has 0 aliphatic carbocycles. The second-order valence-electron chi connectivity index (χ2n) is 4.01. The number of halogens is 3. The maximum atomic E-state index is 13.8. The number of nitrogens with two attached hydrogens (primary N) is 1. The second kappa shape index (κ2) is 5.67. The third-order valence-corrected chi connectivity index (χ3v) is 3.34. The maximum Gasteiger partial charge on any atom is 0.163 e. The molecule has 2 N–H and O–H groups in total. The Bertz CT molecular complexity index is 604. The van der Waals surface area contributed by atoms with Gasteiger partial charge in [-0.15, -0.1) is 0 Å². The van der Waals surface area contributed by atoms with Crippen molar-refractivity contribution >= 4 is 15.9 Å². The first-order chi connectivity index (χ1) is 9.04. The van der Waals surface area contributed by atoms with Crippen molar-refractivity contribution < 1.29 is 13.5 Å². The van der Waals surface area contributed by atoms with Gasteiger partial charge in [0.1, 0.15) is 5.75 Å². The van der Waals surface area contributed by atoms with E-state index in [-0.39, 0.29) is 5.56 Å². The summed E-state index contributed by atoms with van der Waals surface area (Å²) in [5.74, 6) is -1.32. The van der Waals surface area contributed by atoms with E-state index >= 15 is 0 Å². The fourth-order valence-corrected chi connectivity index (χ4v) is 2.26. The van der Waals surface area contributed by atoms with Crippen LogP contribution in [0.5, 0.6) is 5.75 Å². The molecule has 0 aliphatic heterocycles. The Morgan fingerprint density at radius 2 is 1.89 bits per heavy atom. The first-order valence-corrected chi connectivity index (χ1v) is 6.37. The minimum Gasteiger partial charge on any atom is -0.496 e. The van der Waals surface area contributed by atoms with Crippen LogP contribution in [0.25, 0.3) is 0 Å². The molecule has 1 unspecified atom stereocenters. The average Bonchev–Trinajstić information content (AvgIpc) is 2.41. The number of hydrogen-bond acceptors (Lipinski definition) is 2. The molecule has 0 heterocycles. The molecule has 0 amide bonds. The topological polar surface area (TPSA) is 35.2 Å². The summed E-state index contributed by atoms with van der Waals surface area (Å²) in [6.45, 7) is 0.